The molecular formula is C15H23ClN2O5. The Morgan fingerprint density at radius 2 is 1.91 bits per heavy atom. The van der Waals surface area contributed by atoms with Gasteiger partial charge in [-0.1, -0.05) is 30.3 Å². The summed E-state index contributed by atoms with van der Waals surface area (Å²) in [4.78, 5) is 27.3. The van der Waals surface area contributed by atoms with Crippen LogP contribution >= 0.6 is 12.4 Å². The summed E-state index contributed by atoms with van der Waals surface area (Å²) >= 11 is 0. The molecule has 0 radical (unpaired) electrons. The normalized spacial score (nSPS) is 11.2. The van der Waals surface area contributed by atoms with Gasteiger partial charge in [-0.15, -0.1) is 12.4 Å². The molecule has 0 bridgehead atoms. The number of benzene rings is 1. The Hall–Kier alpha value is -1.83. The number of hydrogen-bond donors (Lipinski definition) is 3. The van der Waals surface area contributed by atoms with E-state index in [1.54, 1.807) is 0 Å². The first kappa shape index (κ1) is 21.2. The molecule has 8 heteroatoms. The highest BCUT2D eigenvalue weighted by Crippen LogP contribution is 2.05. The van der Waals surface area contributed by atoms with Crippen molar-refractivity contribution in [2.75, 3.05) is 13.7 Å². The molecule has 0 aliphatic carbocycles. The molecule has 1 aromatic rings. The van der Waals surface area contributed by atoms with Crippen LogP contribution in [0.3, 0.4) is 0 Å². The van der Waals surface area contributed by atoms with Gasteiger partial charge in [0.15, 0.2) is 0 Å². The molecule has 0 aliphatic rings. The van der Waals surface area contributed by atoms with Crippen molar-refractivity contribution in [2.45, 2.75) is 31.9 Å². The Kier molecular flexibility index (Phi) is 11.7. The van der Waals surface area contributed by atoms with Crippen molar-refractivity contribution in [3.8, 4) is 0 Å². The lowest BCUT2D eigenvalue weighted by Crippen LogP contribution is -2.37. The third-order valence-corrected chi connectivity index (χ3v) is 2.99. The number of rotatable bonds is 10. The lowest BCUT2D eigenvalue weighted by Gasteiger charge is -2.16. The minimum Gasteiger partial charge on any atom is -0.468 e. The van der Waals surface area contributed by atoms with Gasteiger partial charge in [0.25, 0.3) is 0 Å². The lowest BCUT2D eigenvalue weighted by molar-refractivity contribution is -0.148. The standard InChI is InChI=1S/C15H22N2O5.ClH/c1-21-14(18)13(9-5-6-10-16-15(19)20)17-22-11-12-7-3-2-4-8-12;/h2-4,7-8,13,16-17H,5-6,9-11H2,1H3,(H,19,20);1H/t13-;/m0./s1. The maximum absolute atomic E-state index is 11.7. The summed E-state index contributed by atoms with van der Waals surface area (Å²) in [6, 6.07) is 9.01. The van der Waals surface area contributed by atoms with Gasteiger partial charge in [-0.25, -0.2) is 4.79 Å². The van der Waals surface area contributed by atoms with Crippen LogP contribution in [-0.4, -0.2) is 36.9 Å². The molecule has 0 spiro atoms. The van der Waals surface area contributed by atoms with E-state index in [-0.39, 0.29) is 12.4 Å². The molecule has 1 amide bonds. The molecule has 0 unspecified atom stereocenters. The van der Waals surface area contributed by atoms with Gasteiger partial charge in [-0.3, -0.25) is 9.63 Å². The van der Waals surface area contributed by atoms with Crippen LogP contribution in [0.1, 0.15) is 24.8 Å². The second-order valence-corrected chi connectivity index (χ2v) is 4.70. The zero-order valence-electron chi connectivity index (χ0n) is 13.0. The summed E-state index contributed by atoms with van der Waals surface area (Å²) in [5.74, 6) is -0.403. The number of hydroxylamine groups is 1. The van der Waals surface area contributed by atoms with E-state index in [0.29, 0.717) is 32.4 Å². The molecule has 0 aliphatic heterocycles. The number of carbonyl (C=O) groups excluding carboxylic acids is 1. The van der Waals surface area contributed by atoms with Gasteiger partial charge >= 0.3 is 12.1 Å². The van der Waals surface area contributed by atoms with Crippen molar-refractivity contribution in [2.24, 2.45) is 0 Å². The van der Waals surface area contributed by atoms with Crippen molar-refractivity contribution in [3.63, 3.8) is 0 Å². The van der Waals surface area contributed by atoms with Crippen molar-refractivity contribution in [1.82, 2.24) is 10.8 Å². The number of methoxy groups -OCH3 is 1. The fourth-order valence-corrected chi connectivity index (χ4v) is 1.84. The number of nitrogens with one attached hydrogen (secondary N) is 2. The maximum Gasteiger partial charge on any atom is 0.404 e. The van der Waals surface area contributed by atoms with Crippen molar-refractivity contribution >= 4 is 24.5 Å². The van der Waals surface area contributed by atoms with Crippen LogP contribution in [0.5, 0.6) is 0 Å². The summed E-state index contributed by atoms with van der Waals surface area (Å²) in [5.41, 5.74) is 3.70. The number of ether oxygens (including phenoxy) is 1. The molecule has 1 aromatic carbocycles. The summed E-state index contributed by atoms with van der Waals surface area (Å²) in [5, 5.41) is 10.7. The summed E-state index contributed by atoms with van der Waals surface area (Å²) in [6.45, 7) is 0.697. The molecule has 1 atom stereocenters. The molecule has 130 valence electrons. The maximum atomic E-state index is 11.7. The minimum atomic E-state index is -1.05. The number of carboxylic acid groups (broad SMARTS) is 1. The van der Waals surface area contributed by atoms with Crippen LogP contribution in [0.15, 0.2) is 30.3 Å². The zero-order valence-corrected chi connectivity index (χ0v) is 13.8. The van der Waals surface area contributed by atoms with E-state index in [2.05, 4.69) is 10.8 Å². The third-order valence-electron chi connectivity index (χ3n) is 2.99. The van der Waals surface area contributed by atoms with Crippen molar-refractivity contribution < 1.29 is 24.3 Å². The third kappa shape index (κ3) is 9.72. The van der Waals surface area contributed by atoms with Crippen LogP contribution in [0.25, 0.3) is 0 Å². The molecule has 0 saturated heterocycles. The van der Waals surface area contributed by atoms with E-state index in [4.69, 9.17) is 14.7 Å². The largest absolute Gasteiger partial charge is 0.468 e. The molecule has 1 rings (SSSR count). The summed E-state index contributed by atoms with van der Waals surface area (Å²) < 4.78 is 4.72. The molecule has 7 nitrogen and oxygen atoms in total. The first-order chi connectivity index (χ1) is 10.6. The van der Waals surface area contributed by atoms with Gasteiger partial charge in [-0.2, -0.15) is 5.48 Å². The van der Waals surface area contributed by atoms with Crippen LogP contribution < -0.4 is 10.8 Å². The Balaban J connectivity index is 0.00000484. The molecule has 0 saturated carbocycles. The number of amides is 1. The fourth-order valence-electron chi connectivity index (χ4n) is 1.84. The van der Waals surface area contributed by atoms with Crippen LogP contribution in [0.2, 0.25) is 0 Å². The Labute approximate surface area is 141 Å². The number of esters is 1. The van der Waals surface area contributed by atoms with Crippen molar-refractivity contribution in [3.05, 3.63) is 35.9 Å². The summed E-state index contributed by atoms with van der Waals surface area (Å²) in [7, 11) is 1.32. The predicted molar refractivity (Wildman–Crippen MR) is 87.3 cm³/mol. The summed E-state index contributed by atoms with van der Waals surface area (Å²) in [6.07, 6.45) is 0.763. The zero-order chi connectivity index (χ0) is 16.2. The van der Waals surface area contributed by atoms with Crippen LogP contribution in [0.4, 0.5) is 4.79 Å². The molecule has 0 fully saturated rings. The molecule has 0 aromatic heterocycles. The van der Waals surface area contributed by atoms with E-state index >= 15 is 0 Å². The van der Waals surface area contributed by atoms with Gasteiger partial charge in [0.1, 0.15) is 6.04 Å². The van der Waals surface area contributed by atoms with E-state index in [9.17, 15) is 9.59 Å². The van der Waals surface area contributed by atoms with E-state index in [0.717, 1.165) is 5.56 Å². The second kappa shape index (κ2) is 12.7. The average Bonchev–Trinajstić information content (AvgIpc) is 2.53. The first-order valence-corrected chi connectivity index (χ1v) is 7.09. The quantitative estimate of drug-likeness (QED) is 0.341. The van der Waals surface area contributed by atoms with E-state index < -0.39 is 18.1 Å². The number of unbranched alkanes of at least 4 members (excludes halogenated alkanes) is 1. The van der Waals surface area contributed by atoms with Gasteiger partial charge < -0.3 is 15.2 Å². The topological polar surface area (TPSA) is 96.9 Å². The average molecular weight is 347 g/mol. The Morgan fingerprint density at radius 1 is 1.22 bits per heavy atom. The Bertz CT molecular complexity index is 458. The first-order valence-electron chi connectivity index (χ1n) is 7.09. The van der Waals surface area contributed by atoms with Crippen molar-refractivity contribution in [1.29, 1.82) is 0 Å². The smallest absolute Gasteiger partial charge is 0.404 e. The van der Waals surface area contributed by atoms with Gasteiger partial charge in [-0.05, 0) is 24.8 Å². The molecule has 3 N–H and O–H groups in total. The second-order valence-electron chi connectivity index (χ2n) is 4.70. The van der Waals surface area contributed by atoms with Crippen LogP contribution in [0, 0.1) is 0 Å². The Morgan fingerprint density at radius 3 is 2.52 bits per heavy atom. The lowest BCUT2D eigenvalue weighted by atomic mass is 10.1. The van der Waals surface area contributed by atoms with E-state index in [1.165, 1.54) is 7.11 Å². The van der Waals surface area contributed by atoms with E-state index in [1.807, 2.05) is 30.3 Å². The highest BCUT2D eigenvalue weighted by atomic mass is 35.5. The predicted octanol–water partition coefficient (Wildman–Crippen LogP) is 2.11. The molecule has 23 heavy (non-hydrogen) atoms. The van der Waals surface area contributed by atoms with Gasteiger partial charge in [0, 0.05) is 6.54 Å². The highest BCUT2D eigenvalue weighted by Gasteiger charge is 2.18. The number of halogens is 1. The molecule has 0 heterocycles. The fraction of sp³-hybridized carbons (Fsp3) is 0.467. The number of hydrogen-bond acceptors (Lipinski definition) is 5. The van der Waals surface area contributed by atoms with Gasteiger partial charge in [0.2, 0.25) is 0 Å². The highest BCUT2D eigenvalue weighted by molar-refractivity contribution is 5.85. The van der Waals surface area contributed by atoms with Crippen LogP contribution in [-0.2, 0) is 21.0 Å². The molecular weight excluding hydrogens is 324 g/mol. The SMILES string of the molecule is COC(=O)[C@H](CCCCNC(=O)O)NOCc1ccccc1.Cl. The van der Waals surface area contributed by atoms with Gasteiger partial charge in [0.05, 0.1) is 13.7 Å². The monoisotopic (exact) mass is 346 g/mol. The minimum absolute atomic E-state index is 0. The number of carbonyl (C=O) groups is 2.